The number of ether oxygens (including phenoxy) is 1. The van der Waals surface area contributed by atoms with Crippen LogP contribution in [0.2, 0.25) is 0 Å². The van der Waals surface area contributed by atoms with E-state index in [1.165, 1.54) is 12.1 Å². The maximum absolute atomic E-state index is 13.4. The van der Waals surface area contributed by atoms with Crippen molar-refractivity contribution in [3.05, 3.63) is 29.6 Å². The highest BCUT2D eigenvalue weighted by Crippen LogP contribution is 2.29. The fraction of sp³-hybridized carbons (Fsp3) is 0.600. The van der Waals surface area contributed by atoms with Crippen LogP contribution >= 0.6 is 0 Å². The van der Waals surface area contributed by atoms with E-state index in [1.807, 2.05) is 4.90 Å². The third kappa shape index (κ3) is 4.40. The molecule has 3 heterocycles. The molecule has 1 atom stereocenters. The summed E-state index contributed by atoms with van der Waals surface area (Å²) in [5.74, 6) is -1.22. The molecule has 0 aliphatic carbocycles. The largest absolute Gasteiger partial charge is 0.449 e. The third-order valence-corrected chi connectivity index (χ3v) is 5.81. The number of aromatic nitrogens is 2. The minimum Gasteiger partial charge on any atom is -0.376 e. The number of nitrogens with zero attached hydrogens (tertiary/aromatic N) is 3. The van der Waals surface area contributed by atoms with Gasteiger partial charge in [0.15, 0.2) is 0 Å². The molecule has 4 rings (SSSR count). The van der Waals surface area contributed by atoms with Gasteiger partial charge in [-0.25, -0.2) is 4.98 Å². The van der Waals surface area contributed by atoms with Gasteiger partial charge >= 0.3 is 6.18 Å². The summed E-state index contributed by atoms with van der Waals surface area (Å²) in [4.78, 5) is 23.3. The Balaban J connectivity index is 1.60. The number of hydrogen-bond acceptors (Lipinski definition) is 4. The maximum atomic E-state index is 13.4. The molecule has 2 saturated heterocycles. The van der Waals surface area contributed by atoms with Crippen LogP contribution in [0.3, 0.4) is 0 Å². The summed E-state index contributed by atoms with van der Waals surface area (Å²) in [6.07, 6.45) is -0.876. The van der Waals surface area contributed by atoms with Crippen LogP contribution in [0, 0.1) is 0 Å². The number of likely N-dealkylation sites (tertiary alicyclic amines) is 1. The van der Waals surface area contributed by atoms with Crippen LogP contribution in [0.1, 0.15) is 41.9 Å². The lowest BCUT2D eigenvalue weighted by Gasteiger charge is -2.38. The highest BCUT2D eigenvalue weighted by Gasteiger charge is 2.35. The van der Waals surface area contributed by atoms with Crippen molar-refractivity contribution in [2.75, 3.05) is 33.3 Å². The van der Waals surface area contributed by atoms with E-state index in [-0.39, 0.29) is 29.1 Å². The number of hydrogen-bond donors (Lipinski definition) is 1. The molecule has 0 radical (unpaired) electrons. The fourth-order valence-corrected chi connectivity index (χ4v) is 4.15. The van der Waals surface area contributed by atoms with E-state index in [2.05, 4.69) is 21.9 Å². The van der Waals surface area contributed by atoms with Crippen molar-refractivity contribution >= 4 is 16.9 Å². The van der Waals surface area contributed by atoms with Crippen LogP contribution in [0.5, 0.6) is 0 Å². The first-order chi connectivity index (χ1) is 13.8. The molecule has 2 fully saturated rings. The molecule has 9 heteroatoms. The number of piperidine rings is 1. The topological polar surface area (TPSA) is 61.5 Å². The first-order valence-corrected chi connectivity index (χ1v) is 9.99. The Labute approximate surface area is 167 Å². The van der Waals surface area contributed by atoms with Gasteiger partial charge in [0.05, 0.1) is 17.1 Å². The summed E-state index contributed by atoms with van der Waals surface area (Å²) in [6.45, 7) is 3.05. The minimum atomic E-state index is -4.55. The quantitative estimate of drug-likeness (QED) is 0.840. The molecule has 1 aromatic carbocycles. The predicted molar refractivity (Wildman–Crippen MR) is 102 cm³/mol. The van der Waals surface area contributed by atoms with Gasteiger partial charge in [-0.15, -0.1) is 0 Å². The average molecular weight is 410 g/mol. The molecule has 1 N–H and O–H groups in total. The van der Waals surface area contributed by atoms with Crippen LogP contribution in [0.15, 0.2) is 18.2 Å². The Bertz CT molecular complexity index is 868. The highest BCUT2D eigenvalue weighted by atomic mass is 19.4. The number of H-pyrrole nitrogens is 1. The number of aromatic amines is 1. The molecule has 2 aromatic rings. The Hall–Kier alpha value is -2.13. The lowest BCUT2D eigenvalue weighted by Crippen LogP contribution is -2.49. The zero-order valence-electron chi connectivity index (χ0n) is 16.3. The summed E-state index contributed by atoms with van der Waals surface area (Å²) in [6, 6.07) is 4.60. The fourth-order valence-electron chi connectivity index (χ4n) is 4.15. The number of rotatable bonds is 4. The van der Waals surface area contributed by atoms with Crippen molar-refractivity contribution in [3.63, 3.8) is 0 Å². The maximum Gasteiger partial charge on any atom is 0.449 e. The average Bonchev–Trinajstić information content (AvgIpc) is 3.35. The van der Waals surface area contributed by atoms with Crippen molar-refractivity contribution < 1.29 is 22.7 Å². The van der Waals surface area contributed by atoms with Crippen molar-refractivity contribution in [3.8, 4) is 0 Å². The Kier molecular flexibility index (Phi) is 5.52. The number of alkyl halides is 3. The molecule has 1 aromatic heterocycles. The molecule has 29 heavy (non-hydrogen) atoms. The van der Waals surface area contributed by atoms with Gasteiger partial charge in [0.25, 0.3) is 5.91 Å². The first kappa shape index (κ1) is 20.2. The smallest absolute Gasteiger partial charge is 0.376 e. The van der Waals surface area contributed by atoms with Crippen LogP contribution in [0.25, 0.3) is 11.0 Å². The van der Waals surface area contributed by atoms with E-state index in [0.717, 1.165) is 38.8 Å². The predicted octanol–water partition coefficient (Wildman–Crippen LogP) is 3.30. The Morgan fingerprint density at radius 3 is 2.72 bits per heavy atom. The molecular weight excluding hydrogens is 385 g/mol. The Morgan fingerprint density at radius 2 is 2.07 bits per heavy atom. The highest BCUT2D eigenvalue weighted by molar-refractivity contribution is 5.97. The second kappa shape index (κ2) is 7.95. The normalized spacial score (nSPS) is 21.7. The van der Waals surface area contributed by atoms with Gasteiger partial charge in [-0.3, -0.25) is 4.79 Å². The number of halogens is 3. The van der Waals surface area contributed by atoms with Gasteiger partial charge in [0.2, 0.25) is 5.82 Å². The van der Waals surface area contributed by atoms with E-state index < -0.39 is 12.0 Å². The zero-order chi connectivity index (χ0) is 20.6. The minimum absolute atomic E-state index is 0.0197. The molecule has 158 valence electrons. The van der Waals surface area contributed by atoms with E-state index in [1.54, 1.807) is 6.07 Å². The first-order valence-electron chi connectivity index (χ1n) is 9.99. The zero-order valence-corrected chi connectivity index (χ0v) is 16.3. The number of fused-ring (bicyclic) bond motifs is 1. The molecule has 0 saturated carbocycles. The van der Waals surface area contributed by atoms with E-state index in [0.29, 0.717) is 18.7 Å². The monoisotopic (exact) mass is 410 g/mol. The Morgan fingerprint density at radius 1 is 1.31 bits per heavy atom. The molecule has 2 aliphatic rings. The van der Waals surface area contributed by atoms with Gasteiger partial charge in [-0.2, -0.15) is 13.2 Å². The van der Waals surface area contributed by atoms with Crippen molar-refractivity contribution in [1.82, 2.24) is 19.8 Å². The van der Waals surface area contributed by atoms with Gasteiger partial charge < -0.3 is 19.5 Å². The molecule has 0 bridgehead atoms. The lowest BCUT2D eigenvalue weighted by molar-refractivity contribution is -0.144. The molecule has 1 unspecified atom stereocenters. The van der Waals surface area contributed by atoms with Gasteiger partial charge in [-0.05, 0) is 64.0 Å². The number of carbonyl (C=O) groups is 1. The van der Waals surface area contributed by atoms with Crippen LogP contribution in [-0.4, -0.2) is 71.1 Å². The molecule has 1 amide bonds. The number of imidazole rings is 1. The van der Waals surface area contributed by atoms with Crippen LogP contribution in [0.4, 0.5) is 13.2 Å². The van der Waals surface area contributed by atoms with Crippen molar-refractivity contribution in [2.45, 2.75) is 44.0 Å². The van der Waals surface area contributed by atoms with Crippen LogP contribution < -0.4 is 0 Å². The van der Waals surface area contributed by atoms with Gasteiger partial charge in [0.1, 0.15) is 0 Å². The number of nitrogens with one attached hydrogen (secondary N) is 1. The van der Waals surface area contributed by atoms with Crippen LogP contribution in [-0.2, 0) is 10.9 Å². The second-order valence-electron chi connectivity index (χ2n) is 7.94. The molecule has 2 aliphatic heterocycles. The summed E-state index contributed by atoms with van der Waals surface area (Å²) in [5, 5.41) is 0. The summed E-state index contributed by atoms with van der Waals surface area (Å²) < 4.78 is 44.5. The van der Waals surface area contributed by atoms with E-state index in [4.69, 9.17) is 4.74 Å². The van der Waals surface area contributed by atoms with Gasteiger partial charge in [0, 0.05) is 24.8 Å². The van der Waals surface area contributed by atoms with E-state index in [9.17, 15) is 18.0 Å². The summed E-state index contributed by atoms with van der Waals surface area (Å²) in [7, 11) is 2.06. The SMILES string of the molecule is CN1CCC(N(CC2CCCO2)C(=O)c2ccc3nc(C(F)(F)F)[nH]c3c2)CC1. The standard InChI is InChI=1S/C20H25F3N4O2/c1-26-8-6-14(7-9-26)27(12-15-3-2-10-29-15)18(28)13-4-5-16-17(11-13)25-19(24-16)20(21,22)23/h4-5,11,14-15H,2-3,6-10,12H2,1H3,(H,24,25). The number of carbonyl (C=O) groups excluding carboxylic acids is 1. The van der Waals surface area contributed by atoms with Crippen molar-refractivity contribution in [1.29, 1.82) is 0 Å². The lowest BCUT2D eigenvalue weighted by atomic mass is 10.0. The molecular formula is C20H25F3N4O2. The van der Waals surface area contributed by atoms with Gasteiger partial charge in [-0.1, -0.05) is 0 Å². The van der Waals surface area contributed by atoms with Crippen molar-refractivity contribution in [2.24, 2.45) is 0 Å². The number of amides is 1. The molecule has 6 nitrogen and oxygen atoms in total. The summed E-state index contributed by atoms with van der Waals surface area (Å²) in [5.41, 5.74) is 0.772. The van der Waals surface area contributed by atoms with E-state index >= 15 is 0 Å². The molecule has 0 spiro atoms. The second-order valence-corrected chi connectivity index (χ2v) is 7.94. The number of benzene rings is 1. The summed E-state index contributed by atoms with van der Waals surface area (Å²) >= 11 is 0. The third-order valence-electron chi connectivity index (χ3n) is 5.81.